The first kappa shape index (κ1) is 13.9. The van der Waals surface area contributed by atoms with Gasteiger partial charge in [0.25, 0.3) is 0 Å². The molecule has 0 unspecified atom stereocenters. The fourth-order valence-corrected chi connectivity index (χ4v) is 1.91. The number of hydrogen-bond donors (Lipinski definition) is 0. The first-order chi connectivity index (χ1) is 7.79. The minimum Gasteiger partial charge on any atom is -1.00 e. The number of esters is 1. The zero-order chi connectivity index (χ0) is 11.4. The molecule has 0 bridgehead atoms. The van der Waals surface area contributed by atoms with Crippen molar-refractivity contribution in [2.45, 2.75) is 13.3 Å². The highest BCUT2D eigenvalue weighted by molar-refractivity contribution is 5.80. The molecule has 1 aromatic rings. The van der Waals surface area contributed by atoms with Crippen LogP contribution in [-0.4, -0.2) is 36.5 Å². The third-order valence-electron chi connectivity index (χ3n) is 2.68. The third kappa shape index (κ3) is 3.66. The minimum absolute atomic E-state index is 0. The third-order valence-corrected chi connectivity index (χ3v) is 2.68. The summed E-state index contributed by atoms with van der Waals surface area (Å²) in [5.74, 6) is -0.155. The Morgan fingerprint density at radius 2 is 2.18 bits per heavy atom. The second kappa shape index (κ2) is 6.55. The van der Waals surface area contributed by atoms with Crippen LogP contribution < -0.4 is 17.0 Å². The smallest absolute Gasteiger partial charge is 0.372 e. The molecule has 1 aliphatic rings. The molecule has 4 heteroatoms. The van der Waals surface area contributed by atoms with Gasteiger partial charge in [0.1, 0.15) is 6.54 Å². The van der Waals surface area contributed by atoms with Gasteiger partial charge in [-0.3, -0.25) is 0 Å². The van der Waals surface area contributed by atoms with Crippen molar-refractivity contribution in [1.29, 1.82) is 0 Å². The predicted molar refractivity (Wildman–Crippen MR) is 61.9 cm³/mol. The Morgan fingerprint density at radius 3 is 2.94 bits per heavy atom. The molecule has 0 fully saturated rings. The molecule has 1 heterocycles. The van der Waals surface area contributed by atoms with Crippen molar-refractivity contribution in [3.05, 3.63) is 35.4 Å². The number of ether oxygens (including phenoxy) is 1. The van der Waals surface area contributed by atoms with Gasteiger partial charge in [0.2, 0.25) is 6.54 Å². The number of hydrogen-bond acceptors (Lipinski definition) is 2. The molecule has 0 spiro atoms. The Balaban J connectivity index is 0.00000144. The molecule has 0 N–H and O–H groups in total. The van der Waals surface area contributed by atoms with Crippen LogP contribution in [0.2, 0.25) is 0 Å². The van der Waals surface area contributed by atoms with E-state index in [0.29, 0.717) is 13.2 Å². The number of benzene rings is 1. The van der Waals surface area contributed by atoms with Crippen LogP contribution in [0.1, 0.15) is 18.1 Å². The normalized spacial score (nSPS) is 13.1. The second-order valence-corrected chi connectivity index (χ2v) is 3.85. The Bertz CT molecular complexity index is 429. The summed E-state index contributed by atoms with van der Waals surface area (Å²) in [6.45, 7) is 3.51. The van der Waals surface area contributed by atoms with Gasteiger partial charge < -0.3 is 21.7 Å². The molecule has 3 nitrogen and oxygen atoms in total. The summed E-state index contributed by atoms with van der Waals surface area (Å²) >= 11 is 0. The van der Waals surface area contributed by atoms with Crippen molar-refractivity contribution in [1.82, 2.24) is 0 Å². The maximum Gasteiger partial charge on any atom is 0.372 e. The van der Waals surface area contributed by atoms with Gasteiger partial charge in [-0.25, -0.2) is 9.37 Å². The lowest BCUT2D eigenvalue weighted by Gasteiger charge is -2.11. The zero-order valence-corrected chi connectivity index (χ0v) is 11.4. The molecule has 1 aliphatic heterocycles. The molecule has 0 radical (unpaired) electrons. The largest absolute Gasteiger partial charge is 1.00 e. The molecular formula is C13H16BrNO2. The van der Waals surface area contributed by atoms with Gasteiger partial charge in [-0.1, -0.05) is 18.2 Å². The lowest BCUT2D eigenvalue weighted by molar-refractivity contribution is -0.514. The quantitative estimate of drug-likeness (QED) is 0.489. The second-order valence-electron chi connectivity index (χ2n) is 3.85. The van der Waals surface area contributed by atoms with Crippen molar-refractivity contribution in [2.75, 3.05) is 19.7 Å². The summed E-state index contributed by atoms with van der Waals surface area (Å²) in [5.41, 5.74) is 2.56. The SMILES string of the molecule is CCOC(=O)C[N+]1=Cc2ccccc2CC1.[Br-]. The predicted octanol–water partition coefficient (Wildman–Crippen LogP) is -1.76. The Labute approximate surface area is 112 Å². The van der Waals surface area contributed by atoms with Gasteiger partial charge in [-0.15, -0.1) is 0 Å². The zero-order valence-electron chi connectivity index (χ0n) is 9.86. The van der Waals surface area contributed by atoms with E-state index in [2.05, 4.69) is 12.1 Å². The standard InChI is InChI=1S/C13H16NO2.BrH/c1-2-16-13(15)10-14-8-7-11-5-3-4-6-12(11)9-14;/h3-6,9H,2,7-8,10H2,1H3;1H/q+1;/p-1. The molecule has 1 aromatic carbocycles. The van der Waals surface area contributed by atoms with Crippen LogP contribution in [0, 0.1) is 0 Å². The Kier molecular flexibility index (Phi) is 5.35. The van der Waals surface area contributed by atoms with Crippen LogP contribution in [0.4, 0.5) is 0 Å². The van der Waals surface area contributed by atoms with E-state index in [9.17, 15) is 4.79 Å². The van der Waals surface area contributed by atoms with E-state index >= 15 is 0 Å². The summed E-state index contributed by atoms with van der Waals surface area (Å²) in [6, 6.07) is 8.27. The highest BCUT2D eigenvalue weighted by Crippen LogP contribution is 2.10. The average Bonchev–Trinajstić information content (AvgIpc) is 2.29. The molecule has 92 valence electrons. The monoisotopic (exact) mass is 297 g/mol. The number of rotatable bonds is 3. The number of carbonyl (C=O) groups excluding carboxylic acids is 1. The first-order valence-corrected chi connectivity index (χ1v) is 5.62. The number of carbonyl (C=O) groups is 1. The maximum atomic E-state index is 11.3. The van der Waals surface area contributed by atoms with Crippen LogP contribution >= 0.6 is 0 Å². The highest BCUT2D eigenvalue weighted by atomic mass is 79.9. The molecule has 0 atom stereocenters. The van der Waals surface area contributed by atoms with E-state index in [4.69, 9.17) is 4.74 Å². The molecule has 0 aromatic heterocycles. The number of fused-ring (bicyclic) bond motifs is 1. The van der Waals surface area contributed by atoms with Crippen molar-refractivity contribution in [2.24, 2.45) is 0 Å². The van der Waals surface area contributed by atoms with Crippen molar-refractivity contribution >= 4 is 12.2 Å². The van der Waals surface area contributed by atoms with Crippen LogP contribution in [0.25, 0.3) is 0 Å². The van der Waals surface area contributed by atoms with E-state index in [1.165, 1.54) is 11.1 Å². The number of halogens is 1. The van der Waals surface area contributed by atoms with E-state index in [1.54, 1.807) is 0 Å². The summed E-state index contributed by atoms with van der Waals surface area (Å²) in [7, 11) is 0. The van der Waals surface area contributed by atoms with Crippen molar-refractivity contribution in [3.63, 3.8) is 0 Å². The van der Waals surface area contributed by atoms with Gasteiger partial charge in [0.15, 0.2) is 6.21 Å². The molecule has 17 heavy (non-hydrogen) atoms. The molecule has 0 amide bonds. The van der Waals surface area contributed by atoms with Crippen LogP contribution in [0.3, 0.4) is 0 Å². The van der Waals surface area contributed by atoms with Gasteiger partial charge >= 0.3 is 5.97 Å². The van der Waals surface area contributed by atoms with Crippen molar-refractivity contribution < 1.29 is 31.1 Å². The molecule has 0 saturated carbocycles. The molecular weight excluding hydrogens is 282 g/mol. The van der Waals surface area contributed by atoms with Gasteiger partial charge in [-0.2, -0.15) is 0 Å². The van der Waals surface area contributed by atoms with E-state index in [1.807, 2.05) is 29.8 Å². The highest BCUT2D eigenvalue weighted by Gasteiger charge is 2.18. The van der Waals surface area contributed by atoms with E-state index in [0.717, 1.165) is 13.0 Å². The Hall–Kier alpha value is -1.16. The maximum absolute atomic E-state index is 11.3. The fourth-order valence-electron chi connectivity index (χ4n) is 1.91. The van der Waals surface area contributed by atoms with E-state index < -0.39 is 0 Å². The van der Waals surface area contributed by atoms with E-state index in [-0.39, 0.29) is 23.0 Å². The fraction of sp³-hybridized carbons (Fsp3) is 0.385. The number of nitrogens with zero attached hydrogens (tertiary/aromatic N) is 1. The first-order valence-electron chi connectivity index (χ1n) is 5.62. The lowest BCUT2D eigenvalue weighted by Crippen LogP contribution is -3.00. The molecule has 0 saturated heterocycles. The van der Waals surface area contributed by atoms with Crippen LogP contribution in [0.5, 0.6) is 0 Å². The lowest BCUT2D eigenvalue weighted by atomic mass is 10.0. The van der Waals surface area contributed by atoms with Gasteiger partial charge in [-0.05, 0) is 18.6 Å². The topological polar surface area (TPSA) is 29.3 Å². The molecule has 2 rings (SSSR count). The summed E-state index contributed by atoms with van der Waals surface area (Å²) in [6.07, 6.45) is 3.03. The summed E-state index contributed by atoms with van der Waals surface area (Å²) < 4.78 is 6.95. The molecule has 0 aliphatic carbocycles. The Morgan fingerprint density at radius 1 is 1.41 bits per heavy atom. The van der Waals surface area contributed by atoms with Gasteiger partial charge in [0, 0.05) is 12.0 Å². The van der Waals surface area contributed by atoms with Crippen LogP contribution in [-0.2, 0) is 16.0 Å². The van der Waals surface area contributed by atoms with Crippen molar-refractivity contribution in [3.8, 4) is 0 Å². The van der Waals surface area contributed by atoms with Gasteiger partial charge in [0.05, 0.1) is 6.61 Å². The average molecular weight is 298 g/mol. The minimum atomic E-state index is -0.155. The summed E-state index contributed by atoms with van der Waals surface area (Å²) in [4.78, 5) is 11.3. The summed E-state index contributed by atoms with van der Waals surface area (Å²) in [5, 5.41) is 0. The van der Waals surface area contributed by atoms with Crippen LogP contribution in [0.15, 0.2) is 24.3 Å².